The van der Waals surface area contributed by atoms with E-state index < -0.39 is 5.97 Å². The molecule has 0 atom stereocenters. The van der Waals surface area contributed by atoms with E-state index in [2.05, 4.69) is 9.97 Å². The number of benzene rings is 2. The summed E-state index contributed by atoms with van der Waals surface area (Å²) in [5.74, 6) is -0.901. The zero-order valence-electron chi connectivity index (χ0n) is 31.1. The number of carbonyl (C=O) groups excluding carboxylic acids is 2. The molecule has 2 spiro atoms. The van der Waals surface area contributed by atoms with Crippen molar-refractivity contribution in [1.82, 2.24) is 19.1 Å². The van der Waals surface area contributed by atoms with E-state index >= 15 is 0 Å². The molecule has 4 aliphatic heterocycles. The zero-order chi connectivity index (χ0) is 39.5. The van der Waals surface area contributed by atoms with Crippen LogP contribution < -0.4 is 20.9 Å². The highest BCUT2D eigenvalue weighted by molar-refractivity contribution is 5.86. The van der Waals surface area contributed by atoms with Crippen molar-refractivity contribution >= 4 is 29.7 Å². The topological polar surface area (TPSA) is 147 Å². The van der Waals surface area contributed by atoms with Gasteiger partial charge in [0.1, 0.15) is 11.6 Å². The minimum Gasteiger partial charge on any atom is -0.466 e. The van der Waals surface area contributed by atoms with Crippen molar-refractivity contribution in [1.29, 1.82) is 0 Å². The second-order valence-corrected chi connectivity index (χ2v) is 14.4. The summed E-state index contributed by atoms with van der Waals surface area (Å²) in [6.07, 6.45) is 6.45. The summed E-state index contributed by atoms with van der Waals surface area (Å²) in [6.45, 7) is 9.72. The Morgan fingerprint density at radius 3 is 1.68 bits per heavy atom. The molecule has 0 aliphatic carbocycles. The molecule has 0 bridgehead atoms. The number of hydrogen-bond donors (Lipinski definition) is 0. The fraction of sp³-hybridized carbons (Fsp3) is 0.400. The molecule has 0 unspecified atom stereocenters. The number of aryl methyl sites for hydroxylation is 1. The third-order valence-corrected chi connectivity index (χ3v) is 9.96. The minimum atomic E-state index is -0.486. The molecule has 6 heterocycles. The SMILES string of the molecule is CCOC(=O)/C=C/c1cn(-c2ccc(F)cc2)c(=O)c(N2CC3(COC3)C2)n1.CCOC(=O)CCc1cn(-c2ccc(F)cc2)c(=O)c(N2CC3(COC3)C2)n1. The Morgan fingerprint density at radius 1 is 0.732 bits per heavy atom. The predicted octanol–water partition coefficient (Wildman–Crippen LogP) is 3.49. The van der Waals surface area contributed by atoms with E-state index in [9.17, 15) is 28.0 Å². The molecule has 4 saturated heterocycles. The molecule has 0 N–H and O–H groups in total. The number of nitrogens with zero attached hydrogens (tertiary/aromatic N) is 6. The lowest BCUT2D eigenvalue weighted by Crippen LogP contribution is -2.67. The minimum absolute atomic E-state index is 0.117. The number of esters is 2. The molecule has 2 aromatic carbocycles. The molecule has 0 saturated carbocycles. The first-order valence-corrected chi connectivity index (χ1v) is 18.4. The van der Waals surface area contributed by atoms with Gasteiger partial charge in [0.2, 0.25) is 0 Å². The van der Waals surface area contributed by atoms with Crippen LogP contribution in [0.2, 0.25) is 0 Å². The second-order valence-electron chi connectivity index (χ2n) is 14.4. The Hall–Kier alpha value is -5.74. The number of rotatable bonds is 11. The quantitative estimate of drug-likeness (QED) is 0.163. The molecule has 4 fully saturated rings. The number of anilines is 2. The number of hydrogen-bond acceptors (Lipinski definition) is 12. The average molecular weight is 773 g/mol. The molecule has 4 aromatic rings. The number of carbonyl (C=O) groups is 2. The summed E-state index contributed by atoms with van der Waals surface area (Å²) in [7, 11) is 0. The molecule has 56 heavy (non-hydrogen) atoms. The van der Waals surface area contributed by atoms with Crippen molar-refractivity contribution in [2.75, 3.05) is 75.6 Å². The van der Waals surface area contributed by atoms with Crippen LogP contribution in [0.5, 0.6) is 0 Å². The van der Waals surface area contributed by atoms with Gasteiger partial charge in [-0.3, -0.25) is 23.5 Å². The lowest BCUT2D eigenvalue weighted by Gasteiger charge is -2.55. The molecule has 0 radical (unpaired) electrons. The third-order valence-electron chi connectivity index (χ3n) is 9.96. The van der Waals surface area contributed by atoms with Gasteiger partial charge >= 0.3 is 11.9 Å². The largest absolute Gasteiger partial charge is 0.466 e. The Morgan fingerprint density at radius 2 is 1.21 bits per heavy atom. The fourth-order valence-electron chi connectivity index (χ4n) is 7.01. The summed E-state index contributed by atoms with van der Waals surface area (Å²) >= 11 is 0. The van der Waals surface area contributed by atoms with Gasteiger partial charge in [-0.1, -0.05) is 0 Å². The van der Waals surface area contributed by atoms with Crippen LogP contribution in [0.1, 0.15) is 31.7 Å². The van der Waals surface area contributed by atoms with Crippen LogP contribution in [0.4, 0.5) is 20.4 Å². The number of aromatic nitrogens is 4. The second kappa shape index (κ2) is 16.2. The first-order valence-electron chi connectivity index (χ1n) is 18.4. The normalized spacial score (nSPS) is 17.3. The van der Waals surface area contributed by atoms with Gasteiger partial charge in [0.25, 0.3) is 11.1 Å². The molecular formula is C40H42F2N6O8. The first kappa shape index (κ1) is 38.5. The molecule has 0 amide bonds. The maximum absolute atomic E-state index is 13.3. The Labute approximate surface area is 320 Å². The van der Waals surface area contributed by atoms with Crippen molar-refractivity contribution in [2.45, 2.75) is 26.7 Å². The highest BCUT2D eigenvalue weighted by Crippen LogP contribution is 2.40. The van der Waals surface area contributed by atoms with Gasteiger partial charge in [0.05, 0.1) is 68.3 Å². The summed E-state index contributed by atoms with van der Waals surface area (Å²) in [6, 6.07) is 11.4. The highest BCUT2D eigenvalue weighted by Gasteiger charge is 2.51. The number of ether oxygens (including phenoxy) is 4. The van der Waals surface area contributed by atoms with Crippen LogP contribution in [0.3, 0.4) is 0 Å². The van der Waals surface area contributed by atoms with Crippen LogP contribution in [-0.4, -0.2) is 96.9 Å². The monoisotopic (exact) mass is 772 g/mol. The van der Waals surface area contributed by atoms with E-state index in [1.165, 1.54) is 63.9 Å². The van der Waals surface area contributed by atoms with Gasteiger partial charge in [-0.25, -0.2) is 23.5 Å². The van der Waals surface area contributed by atoms with Crippen LogP contribution in [0, 0.1) is 22.5 Å². The maximum atomic E-state index is 13.3. The highest BCUT2D eigenvalue weighted by atomic mass is 19.1. The van der Waals surface area contributed by atoms with E-state index in [0.717, 1.165) is 13.1 Å². The number of halogens is 2. The predicted molar refractivity (Wildman–Crippen MR) is 201 cm³/mol. The van der Waals surface area contributed by atoms with Crippen molar-refractivity contribution in [3.8, 4) is 11.4 Å². The van der Waals surface area contributed by atoms with Gasteiger partial charge in [-0.15, -0.1) is 0 Å². The van der Waals surface area contributed by atoms with Crippen molar-refractivity contribution < 1.29 is 37.3 Å². The standard InChI is InChI=1S/C20H22FN3O4.C20H20FN3O4/c2*1-2-28-17(25)8-5-15-9-24(16-6-3-14(21)4-7-16)19(26)18(22-15)23-10-20(11-23)12-27-13-20/h3-4,6-7,9H,2,5,8,10-13H2,1H3;3-9H,2,10-13H2,1H3/b;8-5+. The van der Waals surface area contributed by atoms with E-state index in [1.807, 2.05) is 9.80 Å². The van der Waals surface area contributed by atoms with Crippen LogP contribution >= 0.6 is 0 Å². The van der Waals surface area contributed by atoms with Gasteiger partial charge in [0.15, 0.2) is 11.6 Å². The summed E-state index contributed by atoms with van der Waals surface area (Å²) in [5.41, 5.74) is 1.80. The van der Waals surface area contributed by atoms with Crippen LogP contribution in [0.15, 0.2) is 76.6 Å². The Bertz CT molecular complexity index is 2220. The summed E-state index contributed by atoms with van der Waals surface area (Å²) in [5, 5.41) is 0. The van der Waals surface area contributed by atoms with E-state index in [0.29, 0.717) is 86.9 Å². The molecule has 294 valence electrons. The first-order chi connectivity index (χ1) is 27.0. The van der Waals surface area contributed by atoms with Gasteiger partial charge < -0.3 is 28.7 Å². The molecule has 2 aromatic heterocycles. The van der Waals surface area contributed by atoms with Gasteiger partial charge in [-0.05, 0) is 68.5 Å². The maximum Gasteiger partial charge on any atom is 0.330 e. The Kier molecular flexibility index (Phi) is 11.1. The van der Waals surface area contributed by atoms with Crippen molar-refractivity contribution in [3.05, 3.63) is 111 Å². The lowest BCUT2D eigenvalue weighted by molar-refractivity contribution is -0.143. The van der Waals surface area contributed by atoms with Crippen LogP contribution in [-0.2, 0) is 35.0 Å². The smallest absolute Gasteiger partial charge is 0.330 e. The molecule has 8 rings (SSSR count). The lowest BCUT2D eigenvalue weighted by atomic mass is 9.78. The van der Waals surface area contributed by atoms with Crippen molar-refractivity contribution in [2.24, 2.45) is 10.8 Å². The Balaban J connectivity index is 0.000000172. The molecule has 4 aliphatic rings. The summed E-state index contributed by atoms with van der Waals surface area (Å²) in [4.78, 5) is 62.2. The average Bonchev–Trinajstić information content (AvgIpc) is 3.11. The van der Waals surface area contributed by atoms with E-state index in [1.54, 1.807) is 32.2 Å². The molecule has 16 heteroatoms. The molecule has 14 nitrogen and oxygen atoms in total. The van der Waals surface area contributed by atoms with Crippen LogP contribution in [0.25, 0.3) is 17.5 Å². The molecular weight excluding hydrogens is 730 g/mol. The van der Waals surface area contributed by atoms with Crippen molar-refractivity contribution in [3.63, 3.8) is 0 Å². The zero-order valence-corrected chi connectivity index (χ0v) is 31.1. The summed E-state index contributed by atoms with van der Waals surface area (Å²) < 4.78 is 49.9. The third kappa shape index (κ3) is 8.26. The van der Waals surface area contributed by atoms with Gasteiger partial charge in [-0.2, -0.15) is 0 Å². The van der Waals surface area contributed by atoms with Gasteiger partial charge in [0, 0.05) is 62.4 Å². The van der Waals surface area contributed by atoms with E-state index in [-0.39, 0.29) is 52.6 Å². The fourth-order valence-corrected chi connectivity index (χ4v) is 7.01. The van der Waals surface area contributed by atoms with E-state index in [4.69, 9.17) is 18.9 Å².